The average molecular weight is 285 g/mol. The van der Waals surface area contributed by atoms with Crippen molar-refractivity contribution in [3.05, 3.63) is 34.9 Å². The zero-order valence-corrected chi connectivity index (χ0v) is 13.2. The van der Waals surface area contributed by atoms with Crippen LogP contribution in [-0.2, 0) is 24.1 Å². The molecule has 2 heteroatoms. The van der Waals surface area contributed by atoms with Gasteiger partial charge in [-0.3, -0.25) is 4.79 Å². The molecule has 1 aromatic carbocycles. The maximum Gasteiger partial charge on any atom is 0.139 e. The fraction of sp³-hybridized carbons (Fsp3) is 0.632. The summed E-state index contributed by atoms with van der Waals surface area (Å²) in [6, 6.07) is 6.67. The van der Waals surface area contributed by atoms with Crippen LogP contribution in [0.3, 0.4) is 0 Å². The van der Waals surface area contributed by atoms with Crippen molar-refractivity contribution in [1.82, 2.24) is 5.32 Å². The summed E-state index contributed by atoms with van der Waals surface area (Å²) < 4.78 is 0. The summed E-state index contributed by atoms with van der Waals surface area (Å²) in [6.45, 7) is 0. The van der Waals surface area contributed by atoms with Gasteiger partial charge in [0.2, 0.25) is 0 Å². The highest BCUT2D eigenvalue weighted by atomic mass is 16.1. The van der Waals surface area contributed by atoms with E-state index in [9.17, 15) is 4.79 Å². The van der Waals surface area contributed by atoms with Gasteiger partial charge in [0.15, 0.2) is 0 Å². The number of carbonyl (C=O) groups excluding carboxylic acids is 1. The number of aryl methyl sites for hydroxylation is 2. The Hall–Kier alpha value is -1.15. The minimum Gasteiger partial charge on any atom is -0.314 e. The first-order valence-electron chi connectivity index (χ1n) is 8.52. The molecule has 2 aliphatic carbocycles. The van der Waals surface area contributed by atoms with E-state index in [0.717, 1.165) is 12.8 Å². The first kappa shape index (κ1) is 14.8. The standard InChI is InChI=1S/C19H27NO/c1-20-19(10-3-2-4-11-19)14-18(21)13-15-8-9-16-6-5-7-17(16)12-15/h8-9,12,20H,2-7,10-11,13-14H2,1H3. The van der Waals surface area contributed by atoms with Crippen LogP contribution in [0.2, 0.25) is 0 Å². The van der Waals surface area contributed by atoms with Gasteiger partial charge in [0.05, 0.1) is 0 Å². The Balaban J connectivity index is 1.63. The summed E-state index contributed by atoms with van der Waals surface area (Å²) in [7, 11) is 2.02. The predicted molar refractivity (Wildman–Crippen MR) is 86.7 cm³/mol. The Morgan fingerprint density at radius 1 is 1.10 bits per heavy atom. The Morgan fingerprint density at radius 3 is 2.62 bits per heavy atom. The zero-order valence-electron chi connectivity index (χ0n) is 13.2. The molecule has 0 atom stereocenters. The van der Waals surface area contributed by atoms with Crippen molar-refractivity contribution >= 4 is 5.78 Å². The monoisotopic (exact) mass is 285 g/mol. The molecule has 1 N–H and O–H groups in total. The summed E-state index contributed by atoms with van der Waals surface area (Å²) >= 11 is 0. The van der Waals surface area contributed by atoms with Gasteiger partial charge in [-0.25, -0.2) is 0 Å². The van der Waals surface area contributed by atoms with Crippen molar-refractivity contribution in [3.63, 3.8) is 0 Å². The van der Waals surface area contributed by atoms with Crippen LogP contribution in [-0.4, -0.2) is 18.4 Å². The van der Waals surface area contributed by atoms with Crippen LogP contribution in [0.15, 0.2) is 18.2 Å². The highest BCUT2D eigenvalue weighted by Crippen LogP contribution is 2.31. The van der Waals surface area contributed by atoms with Crippen molar-refractivity contribution in [3.8, 4) is 0 Å². The molecule has 0 heterocycles. The predicted octanol–water partition coefficient (Wildman–Crippen LogP) is 3.60. The zero-order chi connectivity index (χ0) is 14.7. The second-order valence-corrected chi connectivity index (χ2v) is 6.94. The second kappa shape index (κ2) is 6.31. The van der Waals surface area contributed by atoms with E-state index in [0.29, 0.717) is 18.6 Å². The van der Waals surface area contributed by atoms with Gasteiger partial charge in [-0.1, -0.05) is 37.5 Å². The molecule has 0 bridgehead atoms. The molecule has 0 aromatic heterocycles. The van der Waals surface area contributed by atoms with Crippen molar-refractivity contribution < 1.29 is 4.79 Å². The Bertz CT molecular complexity index is 514. The molecule has 1 saturated carbocycles. The normalized spacial score (nSPS) is 20.2. The first-order chi connectivity index (χ1) is 10.2. The third-order valence-electron chi connectivity index (χ3n) is 5.44. The molecule has 0 radical (unpaired) electrons. The number of benzene rings is 1. The summed E-state index contributed by atoms with van der Waals surface area (Å²) in [4.78, 5) is 12.5. The molecule has 1 aromatic rings. The molecule has 0 spiro atoms. The van der Waals surface area contributed by atoms with Gasteiger partial charge >= 0.3 is 0 Å². The molecule has 3 rings (SSSR count). The van der Waals surface area contributed by atoms with E-state index in [2.05, 4.69) is 23.5 Å². The number of fused-ring (bicyclic) bond motifs is 1. The first-order valence-corrected chi connectivity index (χ1v) is 8.52. The van der Waals surface area contributed by atoms with Crippen LogP contribution in [0.1, 0.15) is 61.6 Å². The number of carbonyl (C=O) groups is 1. The third-order valence-corrected chi connectivity index (χ3v) is 5.44. The molecule has 0 aliphatic heterocycles. The molecule has 0 saturated heterocycles. The molecule has 2 nitrogen and oxygen atoms in total. The smallest absolute Gasteiger partial charge is 0.139 e. The number of hydrogen-bond donors (Lipinski definition) is 1. The highest BCUT2D eigenvalue weighted by Gasteiger charge is 2.32. The van der Waals surface area contributed by atoms with Crippen LogP contribution in [0.4, 0.5) is 0 Å². The Morgan fingerprint density at radius 2 is 1.86 bits per heavy atom. The highest BCUT2D eigenvalue weighted by molar-refractivity contribution is 5.82. The Kier molecular flexibility index (Phi) is 4.44. The summed E-state index contributed by atoms with van der Waals surface area (Å²) in [6.07, 6.45) is 11.1. The summed E-state index contributed by atoms with van der Waals surface area (Å²) in [5, 5.41) is 3.45. The van der Waals surface area contributed by atoms with E-state index in [-0.39, 0.29) is 5.54 Å². The third kappa shape index (κ3) is 3.37. The molecule has 0 amide bonds. The number of ketones is 1. The largest absolute Gasteiger partial charge is 0.314 e. The molecule has 2 aliphatic rings. The van der Waals surface area contributed by atoms with Gasteiger partial charge in [0, 0.05) is 18.4 Å². The van der Waals surface area contributed by atoms with Gasteiger partial charge in [-0.15, -0.1) is 0 Å². The second-order valence-electron chi connectivity index (χ2n) is 6.94. The minimum atomic E-state index is 0.0755. The molecule has 1 fully saturated rings. The number of nitrogens with one attached hydrogen (secondary N) is 1. The van der Waals surface area contributed by atoms with E-state index in [1.165, 1.54) is 55.2 Å². The Labute approximate surface area is 128 Å². The maximum absolute atomic E-state index is 12.5. The fourth-order valence-corrected chi connectivity index (χ4v) is 4.15. The van der Waals surface area contributed by atoms with Gasteiger partial charge in [0.25, 0.3) is 0 Å². The van der Waals surface area contributed by atoms with Crippen molar-refractivity contribution in [1.29, 1.82) is 0 Å². The summed E-state index contributed by atoms with van der Waals surface area (Å²) in [5.74, 6) is 0.393. The van der Waals surface area contributed by atoms with Crippen molar-refractivity contribution in [2.24, 2.45) is 0 Å². The molecule has 21 heavy (non-hydrogen) atoms. The van der Waals surface area contributed by atoms with Crippen molar-refractivity contribution in [2.75, 3.05) is 7.05 Å². The van der Waals surface area contributed by atoms with Crippen LogP contribution >= 0.6 is 0 Å². The van der Waals surface area contributed by atoms with E-state index in [4.69, 9.17) is 0 Å². The number of rotatable bonds is 5. The lowest BCUT2D eigenvalue weighted by Crippen LogP contribution is -2.46. The van der Waals surface area contributed by atoms with Gasteiger partial charge in [-0.05, 0) is 55.8 Å². The van der Waals surface area contributed by atoms with Gasteiger partial charge in [-0.2, -0.15) is 0 Å². The average Bonchev–Trinajstić information content (AvgIpc) is 2.95. The van der Waals surface area contributed by atoms with Crippen LogP contribution in [0.25, 0.3) is 0 Å². The molecule has 0 unspecified atom stereocenters. The maximum atomic E-state index is 12.5. The molecule has 114 valence electrons. The lowest BCUT2D eigenvalue weighted by atomic mass is 9.77. The SMILES string of the molecule is CNC1(CC(=O)Cc2ccc3c(c2)CCC3)CCCCC1. The van der Waals surface area contributed by atoms with Crippen molar-refractivity contribution in [2.45, 2.75) is 69.7 Å². The fourth-order valence-electron chi connectivity index (χ4n) is 4.15. The molecular formula is C19H27NO. The minimum absolute atomic E-state index is 0.0755. The van der Waals surface area contributed by atoms with Crippen LogP contribution < -0.4 is 5.32 Å². The summed E-state index contributed by atoms with van der Waals surface area (Å²) in [5.41, 5.74) is 4.25. The van der Waals surface area contributed by atoms with E-state index >= 15 is 0 Å². The van der Waals surface area contributed by atoms with Gasteiger partial charge in [0.1, 0.15) is 5.78 Å². The topological polar surface area (TPSA) is 29.1 Å². The molecular weight excluding hydrogens is 258 g/mol. The number of Topliss-reactive ketones (excluding diaryl/α,β-unsaturated/α-hetero) is 1. The van der Waals surface area contributed by atoms with Gasteiger partial charge < -0.3 is 5.32 Å². The lowest BCUT2D eigenvalue weighted by Gasteiger charge is -2.36. The lowest BCUT2D eigenvalue weighted by molar-refractivity contribution is -0.120. The van der Waals surface area contributed by atoms with Crippen LogP contribution in [0.5, 0.6) is 0 Å². The van der Waals surface area contributed by atoms with E-state index in [1.54, 1.807) is 0 Å². The quantitative estimate of drug-likeness (QED) is 0.895. The number of hydrogen-bond acceptors (Lipinski definition) is 2. The van der Waals surface area contributed by atoms with E-state index < -0.39 is 0 Å². The van der Waals surface area contributed by atoms with E-state index in [1.807, 2.05) is 7.05 Å². The van der Waals surface area contributed by atoms with Crippen LogP contribution in [0, 0.1) is 0 Å².